The Labute approximate surface area is 205 Å². The third-order valence-electron chi connectivity index (χ3n) is 6.62. The predicted octanol–water partition coefficient (Wildman–Crippen LogP) is 6.57. The standard InChI is InChI=1S/C26H32F3NO4S/c1-3-19(2)30(25(31)16-13-20-7-4-5-8-20)18-21-11-14-23(15-12-21)34-35(32,33)24-10-6-9-22(17-24)26(27,28)29/h6,9-12,14-15,17,19-20H,3-5,7-8,13,16,18H2,1-2H3. The van der Waals surface area contributed by atoms with Crippen molar-refractivity contribution in [1.29, 1.82) is 0 Å². The van der Waals surface area contributed by atoms with Crippen molar-refractivity contribution in [1.82, 2.24) is 4.90 Å². The van der Waals surface area contributed by atoms with E-state index in [1.807, 2.05) is 18.7 Å². The quantitative estimate of drug-likeness (QED) is 0.339. The number of amides is 1. The largest absolute Gasteiger partial charge is 0.416 e. The Bertz CT molecular complexity index is 1090. The summed E-state index contributed by atoms with van der Waals surface area (Å²) in [6, 6.07) is 9.69. The molecule has 0 radical (unpaired) electrons. The Morgan fingerprint density at radius 2 is 1.77 bits per heavy atom. The molecule has 0 bridgehead atoms. The Balaban J connectivity index is 1.67. The summed E-state index contributed by atoms with van der Waals surface area (Å²) in [4.78, 5) is 14.2. The van der Waals surface area contributed by atoms with Crippen LogP contribution in [-0.4, -0.2) is 25.3 Å². The first-order valence-corrected chi connectivity index (χ1v) is 13.4. The number of carbonyl (C=O) groups is 1. The van der Waals surface area contributed by atoms with Crippen molar-refractivity contribution < 1.29 is 30.6 Å². The topological polar surface area (TPSA) is 63.7 Å². The molecule has 0 aromatic heterocycles. The third-order valence-corrected chi connectivity index (χ3v) is 7.86. The van der Waals surface area contributed by atoms with E-state index in [-0.39, 0.29) is 17.7 Å². The highest BCUT2D eigenvalue weighted by Crippen LogP contribution is 2.31. The molecule has 192 valence electrons. The van der Waals surface area contributed by atoms with Crippen molar-refractivity contribution >= 4 is 16.0 Å². The molecule has 1 atom stereocenters. The third kappa shape index (κ3) is 7.46. The van der Waals surface area contributed by atoms with E-state index >= 15 is 0 Å². The summed E-state index contributed by atoms with van der Waals surface area (Å²) in [6.45, 7) is 4.42. The fourth-order valence-corrected chi connectivity index (χ4v) is 5.31. The van der Waals surface area contributed by atoms with Crippen LogP contribution in [0.3, 0.4) is 0 Å². The molecule has 1 fully saturated rings. The van der Waals surface area contributed by atoms with Crippen LogP contribution in [0.5, 0.6) is 5.75 Å². The van der Waals surface area contributed by atoms with Gasteiger partial charge in [-0.15, -0.1) is 0 Å². The van der Waals surface area contributed by atoms with Crippen molar-refractivity contribution in [2.45, 2.75) is 82.5 Å². The molecule has 35 heavy (non-hydrogen) atoms. The number of benzene rings is 2. The van der Waals surface area contributed by atoms with Crippen LogP contribution >= 0.6 is 0 Å². The Morgan fingerprint density at radius 1 is 1.11 bits per heavy atom. The van der Waals surface area contributed by atoms with Crippen molar-refractivity contribution in [3.05, 3.63) is 59.7 Å². The lowest BCUT2D eigenvalue weighted by atomic mass is 10.0. The van der Waals surface area contributed by atoms with Crippen molar-refractivity contribution in [2.75, 3.05) is 0 Å². The van der Waals surface area contributed by atoms with Gasteiger partial charge in [-0.2, -0.15) is 21.6 Å². The van der Waals surface area contributed by atoms with Crippen molar-refractivity contribution in [3.8, 4) is 5.75 Å². The van der Waals surface area contributed by atoms with Gasteiger partial charge >= 0.3 is 16.3 Å². The second kappa shape index (κ2) is 11.5. The molecule has 9 heteroatoms. The zero-order chi connectivity index (χ0) is 25.6. The molecule has 5 nitrogen and oxygen atoms in total. The number of rotatable bonds is 10. The van der Waals surface area contributed by atoms with Gasteiger partial charge in [0.2, 0.25) is 5.91 Å². The fourth-order valence-electron chi connectivity index (χ4n) is 4.33. The molecule has 1 aliphatic rings. The van der Waals surface area contributed by atoms with Gasteiger partial charge in [-0.05, 0) is 61.6 Å². The first kappa shape index (κ1) is 27.0. The van der Waals surface area contributed by atoms with Gasteiger partial charge < -0.3 is 9.08 Å². The highest BCUT2D eigenvalue weighted by atomic mass is 32.2. The van der Waals surface area contributed by atoms with Crippen LogP contribution in [-0.2, 0) is 27.6 Å². The molecule has 1 saturated carbocycles. The number of carbonyl (C=O) groups excluding carboxylic acids is 1. The monoisotopic (exact) mass is 511 g/mol. The molecule has 1 amide bonds. The van der Waals surface area contributed by atoms with Crippen LogP contribution in [0, 0.1) is 5.92 Å². The minimum Gasteiger partial charge on any atom is -0.379 e. The zero-order valence-corrected chi connectivity index (χ0v) is 20.9. The van der Waals surface area contributed by atoms with Gasteiger partial charge in [-0.25, -0.2) is 0 Å². The van der Waals surface area contributed by atoms with Gasteiger partial charge in [0, 0.05) is 19.0 Å². The molecule has 1 unspecified atom stereocenters. The smallest absolute Gasteiger partial charge is 0.379 e. The van der Waals surface area contributed by atoms with Gasteiger partial charge in [0.1, 0.15) is 10.6 Å². The van der Waals surface area contributed by atoms with Crippen molar-refractivity contribution in [3.63, 3.8) is 0 Å². The number of alkyl halides is 3. The molecule has 2 aromatic carbocycles. The maximum Gasteiger partial charge on any atom is 0.416 e. The normalized spacial score (nSPS) is 15.7. The fraction of sp³-hybridized carbons (Fsp3) is 0.500. The van der Waals surface area contributed by atoms with Gasteiger partial charge in [-0.1, -0.05) is 50.8 Å². The lowest BCUT2D eigenvalue weighted by Gasteiger charge is -2.29. The lowest BCUT2D eigenvalue weighted by molar-refractivity contribution is -0.137. The van der Waals surface area contributed by atoms with E-state index in [0.29, 0.717) is 24.9 Å². The van der Waals surface area contributed by atoms with E-state index in [0.717, 1.165) is 36.6 Å². The zero-order valence-electron chi connectivity index (χ0n) is 20.1. The van der Waals surface area contributed by atoms with Gasteiger partial charge in [0.05, 0.1) is 5.56 Å². The molecule has 1 aliphatic carbocycles. The molecular weight excluding hydrogens is 479 g/mol. The van der Waals surface area contributed by atoms with E-state index in [1.54, 1.807) is 12.1 Å². The first-order valence-electron chi connectivity index (χ1n) is 12.0. The van der Waals surface area contributed by atoms with Crippen molar-refractivity contribution in [2.24, 2.45) is 5.92 Å². The van der Waals surface area contributed by atoms with Crippen LogP contribution in [0.2, 0.25) is 0 Å². The maximum atomic E-state index is 13.0. The molecule has 0 saturated heterocycles. The molecule has 0 spiro atoms. The Kier molecular flexibility index (Phi) is 8.85. The van der Waals surface area contributed by atoms with Crippen LogP contribution in [0.4, 0.5) is 13.2 Å². The second-order valence-electron chi connectivity index (χ2n) is 9.18. The number of halogens is 3. The minimum absolute atomic E-state index is 0.0196. The van der Waals surface area contributed by atoms with Crippen LogP contribution in [0.1, 0.15) is 69.9 Å². The minimum atomic E-state index is -4.66. The summed E-state index contributed by atoms with van der Waals surface area (Å²) in [6.07, 6.45) is 2.45. The highest BCUT2D eigenvalue weighted by Gasteiger charge is 2.32. The highest BCUT2D eigenvalue weighted by molar-refractivity contribution is 7.87. The SMILES string of the molecule is CCC(C)N(Cc1ccc(OS(=O)(=O)c2cccc(C(F)(F)F)c2)cc1)C(=O)CCC1CCCC1. The first-order chi connectivity index (χ1) is 16.5. The number of nitrogens with zero attached hydrogens (tertiary/aromatic N) is 1. The van der Waals surface area contributed by atoms with E-state index < -0.39 is 26.8 Å². The summed E-state index contributed by atoms with van der Waals surface area (Å²) in [5.41, 5.74) is -0.261. The number of hydrogen-bond acceptors (Lipinski definition) is 4. The number of hydrogen-bond donors (Lipinski definition) is 0. The van der Waals surface area contributed by atoms with Gasteiger partial charge in [0.15, 0.2) is 0 Å². The Morgan fingerprint density at radius 3 is 2.37 bits per heavy atom. The molecular formula is C26H32F3NO4S. The molecule has 0 aliphatic heterocycles. The molecule has 3 rings (SSSR count). The van der Waals surface area contributed by atoms with Gasteiger partial charge in [-0.3, -0.25) is 4.79 Å². The van der Waals surface area contributed by atoms with Crippen LogP contribution in [0.15, 0.2) is 53.4 Å². The molecule has 2 aromatic rings. The van der Waals surface area contributed by atoms with Crippen LogP contribution < -0.4 is 4.18 Å². The second-order valence-corrected chi connectivity index (χ2v) is 10.7. The molecule has 0 heterocycles. The summed E-state index contributed by atoms with van der Waals surface area (Å²) in [5, 5.41) is 0. The predicted molar refractivity (Wildman–Crippen MR) is 127 cm³/mol. The van der Waals surface area contributed by atoms with E-state index in [1.165, 1.54) is 37.8 Å². The van der Waals surface area contributed by atoms with E-state index in [9.17, 15) is 26.4 Å². The summed E-state index contributed by atoms with van der Waals surface area (Å²) in [5.74, 6) is 0.723. The summed E-state index contributed by atoms with van der Waals surface area (Å²) in [7, 11) is -4.44. The van der Waals surface area contributed by atoms with E-state index in [4.69, 9.17) is 4.18 Å². The maximum absolute atomic E-state index is 13.0. The van der Waals surface area contributed by atoms with E-state index in [2.05, 4.69) is 0 Å². The summed E-state index contributed by atoms with van der Waals surface area (Å²) >= 11 is 0. The average molecular weight is 512 g/mol. The van der Waals surface area contributed by atoms with Gasteiger partial charge in [0.25, 0.3) is 0 Å². The lowest BCUT2D eigenvalue weighted by Crippen LogP contribution is -2.37. The van der Waals surface area contributed by atoms with Crippen LogP contribution in [0.25, 0.3) is 0 Å². The summed E-state index contributed by atoms with van der Waals surface area (Å²) < 4.78 is 68.9. The molecule has 0 N–H and O–H groups in total. The average Bonchev–Trinajstić information content (AvgIpc) is 3.34. The Hall–Kier alpha value is -2.55.